The van der Waals surface area contributed by atoms with Crippen molar-refractivity contribution < 1.29 is 19.2 Å². The Morgan fingerprint density at radius 3 is 2.00 bits per heavy atom. The van der Waals surface area contributed by atoms with E-state index in [-0.39, 0.29) is 0 Å². The summed E-state index contributed by atoms with van der Waals surface area (Å²) in [6.45, 7) is 2.03. The Kier molecular flexibility index (Phi) is 3.21. The predicted octanol–water partition coefficient (Wildman–Crippen LogP) is 0.890. The number of hydrogen-bond donors (Lipinski definition) is 0. The van der Waals surface area contributed by atoms with Gasteiger partial charge in [-0.1, -0.05) is 0 Å². The first-order chi connectivity index (χ1) is 1.73. The third kappa shape index (κ3) is 10.7. The molecule has 0 aromatic heterocycles. The zero-order chi connectivity index (χ0) is 3.58. The Morgan fingerprint density at radius 1 is 2.00 bits per heavy atom. The molecule has 0 aromatic carbocycles. The molecule has 0 atom stereocenters. The van der Waals surface area contributed by atoms with Gasteiger partial charge in [0.05, 0.1) is 0 Å². The van der Waals surface area contributed by atoms with Crippen molar-refractivity contribution in [2.75, 3.05) is 0 Å². The van der Waals surface area contributed by atoms with Gasteiger partial charge in [-0.25, -0.2) is 0 Å². The molecule has 0 radical (unpaired) electrons. The fourth-order valence-corrected chi connectivity index (χ4v) is 0. The Bertz CT molecular complexity index is 31.0. The minimum absolute atomic E-state index is 0.407. The average molecular weight is 126 g/mol. The van der Waals surface area contributed by atoms with Gasteiger partial charge >= 0.3 is 42.3 Å². The Hall–Kier alpha value is 1.22. The Labute approximate surface area is 42.4 Å². The molecule has 0 rings (SSSR count). The molecule has 0 nitrogen and oxygen atoms in total. The SMILES string of the molecule is C[Si](Cl)=[Ti+2]. The van der Waals surface area contributed by atoms with E-state index in [2.05, 4.69) is 0 Å². The van der Waals surface area contributed by atoms with Crippen molar-refractivity contribution in [1.82, 2.24) is 0 Å². The van der Waals surface area contributed by atoms with Crippen LogP contribution in [0.15, 0.2) is 0 Å². The van der Waals surface area contributed by atoms with Crippen LogP contribution >= 0.6 is 11.1 Å². The molecule has 0 aliphatic rings. The van der Waals surface area contributed by atoms with E-state index < -0.39 is 5.50 Å². The predicted molar refractivity (Wildman–Crippen MR) is 17.5 cm³/mol. The van der Waals surface area contributed by atoms with Crippen molar-refractivity contribution in [3.05, 3.63) is 0 Å². The normalized spacial score (nSPS) is 7.00. The Balaban J connectivity index is 2.80. The summed E-state index contributed by atoms with van der Waals surface area (Å²) < 4.78 is 0. The summed E-state index contributed by atoms with van der Waals surface area (Å²) in [4.78, 5) is 0. The monoisotopic (exact) mass is 126 g/mol. The maximum absolute atomic E-state index is 5.38. The van der Waals surface area contributed by atoms with Gasteiger partial charge in [-0.2, -0.15) is 0 Å². The van der Waals surface area contributed by atoms with Crippen LogP contribution in [0.4, 0.5) is 0 Å². The van der Waals surface area contributed by atoms with Gasteiger partial charge in [0.1, 0.15) is 0 Å². The molecule has 0 aliphatic carbocycles. The van der Waals surface area contributed by atoms with E-state index in [4.69, 9.17) is 11.1 Å². The molecule has 0 spiro atoms. The van der Waals surface area contributed by atoms with Gasteiger partial charge in [-0.3, -0.25) is 0 Å². The Morgan fingerprint density at radius 2 is 2.00 bits per heavy atom. The van der Waals surface area contributed by atoms with Crippen molar-refractivity contribution in [2.45, 2.75) is 6.55 Å². The molecular weight excluding hydrogens is 123 g/mol. The number of rotatable bonds is 0. The molecule has 0 amide bonds. The van der Waals surface area contributed by atoms with Crippen molar-refractivity contribution in [1.29, 1.82) is 0 Å². The molecule has 0 aromatic rings. The van der Waals surface area contributed by atoms with Crippen LogP contribution in [0.25, 0.3) is 0 Å². The van der Waals surface area contributed by atoms with E-state index in [0.717, 1.165) is 0 Å². The van der Waals surface area contributed by atoms with Crippen LogP contribution in [0, 0.1) is 0 Å². The van der Waals surface area contributed by atoms with Crippen LogP contribution in [0.5, 0.6) is 0 Å². The van der Waals surface area contributed by atoms with Gasteiger partial charge in [-0.05, 0) is 0 Å². The molecule has 0 unspecified atom stereocenters. The molecule has 0 N–H and O–H groups in total. The van der Waals surface area contributed by atoms with Crippen molar-refractivity contribution in [2.24, 2.45) is 0 Å². The van der Waals surface area contributed by atoms with Crippen molar-refractivity contribution >= 4 is 16.6 Å². The second-order valence-corrected chi connectivity index (χ2v) is 8.30. The molecule has 4 heavy (non-hydrogen) atoms. The zero-order valence-electron chi connectivity index (χ0n) is 2.38. The first-order valence-electron chi connectivity index (χ1n) is 0.939. The first kappa shape index (κ1) is 5.22. The van der Waals surface area contributed by atoms with Crippen LogP contribution in [-0.2, 0) is 19.2 Å². The van der Waals surface area contributed by atoms with Crippen LogP contribution < -0.4 is 0 Å². The van der Waals surface area contributed by atoms with Gasteiger partial charge in [-0.15, -0.1) is 0 Å². The fraction of sp³-hybridized carbons (Fsp3) is 1.00. The number of halogens is 1. The van der Waals surface area contributed by atoms with E-state index in [1.165, 1.54) is 0 Å². The quantitative estimate of drug-likeness (QED) is 0.334. The fourth-order valence-electron chi connectivity index (χ4n) is 0. The van der Waals surface area contributed by atoms with E-state index in [1.54, 1.807) is 0 Å². The molecule has 3 heteroatoms. The molecule has 0 saturated heterocycles. The average Bonchev–Trinajstić information content (AvgIpc) is 0.811. The van der Waals surface area contributed by atoms with Gasteiger partial charge < -0.3 is 0 Å². The summed E-state index contributed by atoms with van der Waals surface area (Å²) in [5, 5.41) is 0. The standard InChI is InChI=1S/CH3ClSi.Ti/c1-3-2;/h1H3;/q;+2. The molecule has 0 aliphatic heterocycles. The topological polar surface area (TPSA) is 0 Å². The summed E-state index contributed by atoms with van der Waals surface area (Å²) in [5.41, 5.74) is -0.407. The molecule has 0 fully saturated rings. The van der Waals surface area contributed by atoms with Crippen LogP contribution in [0.2, 0.25) is 6.55 Å². The van der Waals surface area contributed by atoms with Crippen LogP contribution in [-0.4, -0.2) is 5.50 Å². The van der Waals surface area contributed by atoms with E-state index in [9.17, 15) is 0 Å². The second kappa shape index (κ2) is 2.46. The third-order valence-corrected chi connectivity index (χ3v) is 0. The second-order valence-electron chi connectivity index (χ2n) is 0.533. The molecular formula is CH3ClSiTi+2. The third-order valence-electron chi connectivity index (χ3n) is 0. The van der Waals surface area contributed by atoms with Crippen LogP contribution in [0.1, 0.15) is 0 Å². The van der Waals surface area contributed by atoms with Gasteiger partial charge in [0.2, 0.25) is 0 Å². The van der Waals surface area contributed by atoms with Gasteiger partial charge in [0.15, 0.2) is 0 Å². The first-order valence-corrected chi connectivity index (χ1v) is 6.29. The molecule has 0 bridgehead atoms. The summed E-state index contributed by atoms with van der Waals surface area (Å²) in [6, 6.07) is 0. The summed E-state index contributed by atoms with van der Waals surface area (Å²) in [6.07, 6.45) is 0. The van der Waals surface area contributed by atoms with Crippen LogP contribution in [0.3, 0.4) is 0 Å². The van der Waals surface area contributed by atoms with Gasteiger partial charge in [0, 0.05) is 0 Å². The summed E-state index contributed by atoms with van der Waals surface area (Å²) in [7, 11) is 0. The molecule has 0 saturated carbocycles. The zero-order valence-corrected chi connectivity index (χ0v) is 5.70. The molecule has 20 valence electrons. The van der Waals surface area contributed by atoms with E-state index in [1.807, 2.05) is 25.7 Å². The van der Waals surface area contributed by atoms with Crippen molar-refractivity contribution in [3.8, 4) is 0 Å². The summed E-state index contributed by atoms with van der Waals surface area (Å²) in [5.74, 6) is 0. The van der Waals surface area contributed by atoms with Crippen molar-refractivity contribution in [3.63, 3.8) is 0 Å². The number of hydrogen-bond acceptors (Lipinski definition) is 0. The summed E-state index contributed by atoms with van der Waals surface area (Å²) >= 11 is 7.41. The minimum atomic E-state index is -0.407. The van der Waals surface area contributed by atoms with E-state index in [0.29, 0.717) is 0 Å². The van der Waals surface area contributed by atoms with E-state index >= 15 is 0 Å². The molecule has 0 heterocycles. The van der Waals surface area contributed by atoms with Gasteiger partial charge in [0.25, 0.3) is 0 Å². The maximum atomic E-state index is 5.38.